The van der Waals surface area contributed by atoms with E-state index in [1.807, 2.05) is 38.2 Å². The van der Waals surface area contributed by atoms with Crippen LogP contribution in [0.3, 0.4) is 0 Å². The number of halogens is 1. The second-order valence-electron chi connectivity index (χ2n) is 5.57. The molecule has 0 bridgehead atoms. The van der Waals surface area contributed by atoms with E-state index in [9.17, 15) is 9.59 Å². The second-order valence-corrected chi connectivity index (χ2v) is 6.48. The molecule has 2 N–H and O–H groups in total. The van der Waals surface area contributed by atoms with Crippen molar-refractivity contribution in [3.8, 4) is 0 Å². The Morgan fingerprint density at radius 3 is 2.33 bits per heavy atom. The topological polar surface area (TPSA) is 63.1 Å². The van der Waals surface area contributed by atoms with Crippen molar-refractivity contribution in [3.63, 3.8) is 0 Å². The molecule has 3 rings (SSSR count). The molecule has 2 amide bonds. The molecule has 1 aromatic heterocycles. The van der Waals surface area contributed by atoms with Crippen molar-refractivity contribution < 1.29 is 9.59 Å². The number of aromatic nitrogens is 1. The summed E-state index contributed by atoms with van der Waals surface area (Å²) in [5, 5.41) is 0.988. The molecule has 0 aliphatic rings. The smallest absolute Gasteiger partial charge is 0.286 e. The molecule has 0 saturated carbocycles. The number of hydrogen-bond donors (Lipinski definition) is 2. The summed E-state index contributed by atoms with van der Waals surface area (Å²) in [4.78, 5) is 24.4. The van der Waals surface area contributed by atoms with Crippen LogP contribution in [0.1, 0.15) is 26.4 Å². The number of rotatable bonds is 2. The predicted molar refractivity (Wildman–Crippen MR) is 96.7 cm³/mol. The summed E-state index contributed by atoms with van der Waals surface area (Å²) in [5.41, 5.74) is 7.92. The zero-order chi connectivity index (χ0) is 17.3. The molecule has 1 heterocycles. The van der Waals surface area contributed by atoms with Gasteiger partial charge in [-0.05, 0) is 49.4 Å². The van der Waals surface area contributed by atoms with Gasteiger partial charge in [-0.3, -0.25) is 20.4 Å². The summed E-state index contributed by atoms with van der Waals surface area (Å²) in [5.74, 6) is -0.734. The van der Waals surface area contributed by atoms with E-state index in [-0.39, 0.29) is 11.8 Å². The summed E-state index contributed by atoms with van der Waals surface area (Å²) in [6.45, 7) is 2.00. The molecule has 0 atom stereocenters. The molecule has 3 aromatic rings. The second kappa shape index (κ2) is 6.49. The Morgan fingerprint density at radius 1 is 0.958 bits per heavy atom. The van der Waals surface area contributed by atoms with E-state index < -0.39 is 0 Å². The molecule has 0 aliphatic heterocycles. The summed E-state index contributed by atoms with van der Waals surface area (Å²) in [6.07, 6.45) is 0. The van der Waals surface area contributed by atoms with Crippen LogP contribution in [0.25, 0.3) is 10.9 Å². The zero-order valence-corrected chi connectivity index (χ0v) is 14.8. The molecular weight excluding hydrogens is 370 g/mol. The van der Waals surface area contributed by atoms with Crippen molar-refractivity contribution in [1.82, 2.24) is 15.4 Å². The third-order valence-corrected chi connectivity index (χ3v) is 4.36. The third kappa shape index (κ3) is 3.19. The van der Waals surface area contributed by atoms with Gasteiger partial charge in [-0.25, -0.2) is 0 Å². The Balaban J connectivity index is 1.74. The first kappa shape index (κ1) is 16.3. The Bertz CT molecular complexity index is 929. The number of hydrogen-bond acceptors (Lipinski definition) is 2. The van der Waals surface area contributed by atoms with Crippen LogP contribution in [0, 0.1) is 6.92 Å². The zero-order valence-electron chi connectivity index (χ0n) is 13.3. The average Bonchev–Trinajstić information content (AvgIpc) is 2.89. The number of hydrazine groups is 1. The quantitative estimate of drug-likeness (QED) is 0.664. The van der Waals surface area contributed by atoms with Crippen molar-refractivity contribution in [2.45, 2.75) is 6.92 Å². The van der Waals surface area contributed by atoms with Crippen LogP contribution in [-0.2, 0) is 7.05 Å². The number of fused-ring (bicyclic) bond motifs is 1. The van der Waals surface area contributed by atoms with E-state index in [2.05, 4.69) is 26.8 Å². The molecule has 0 saturated heterocycles. The minimum absolute atomic E-state index is 0.364. The fraction of sp³-hybridized carbons (Fsp3) is 0.111. The minimum Gasteiger partial charge on any atom is -0.340 e. The first-order valence-corrected chi connectivity index (χ1v) is 8.17. The molecule has 122 valence electrons. The molecule has 2 aromatic carbocycles. The van der Waals surface area contributed by atoms with Gasteiger partial charge in [0.1, 0.15) is 5.69 Å². The molecule has 0 radical (unpaired) electrons. The SMILES string of the molecule is Cc1ccc2c(c1)cc(C(=O)NNC(=O)c1ccc(Br)cc1)n2C. The number of benzene rings is 2. The Labute approximate surface area is 147 Å². The van der Waals surface area contributed by atoms with Crippen molar-refractivity contribution in [1.29, 1.82) is 0 Å². The van der Waals surface area contributed by atoms with Gasteiger partial charge in [0.05, 0.1) is 0 Å². The Kier molecular flexibility index (Phi) is 4.40. The van der Waals surface area contributed by atoms with Crippen LogP contribution in [0.5, 0.6) is 0 Å². The fourth-order valence-electron chi connectivity index (χ4n) is 2.54. The van der Waals surface area contributed by atoms with E-state index >= 15 is 0 Å². The molecule has 5 nitrogen and oxygen atoms in total. The van der Waals surface area contributed by atoms with Crippen LogP contribution >= 0.6 is 15.9 Å². The van der Waals surface area contributed by atoms with Gasteiger partial charge >= 0.3 is 0 Å². The highest BCUT2D eigenvalue weighted by Gasteiger charge is 2.14. The third-order valence-electron chi connectivity index (χ3n) is 3.83. The Hall–Kier alpha value is -2.60. The Morgan fingerprint density at radius 2 is 1.62 bits per heavy atom. The minimum atomic E-state index is -0.370. The summed E-state index contributed by atoms with van der Waals surface area (Å²) >= 11 is 3.31. The van der Waals surface area contributed by atoms with Gasteiger partial charge in [-0.1, -0.05) is 27.6 Å². The lowest BCUT2D eigenvalue weighted by molar-refractivity contribution is 0.0842. The van der Waals surface area contributed by atoms with Crippen molar-refractivity contribution in [3.05, 3.63) is 69.8 Å². The first-order chi connectivity index (χ1) is 11.5. The van der Waals surface area contributed by atoms with Crippen LogP contribution < -0.4 is 10.9 Å². The monoisotopic (exact) mass is 385 g/mol. The normalized spacial score (nSPS) is 10.6. The maximum atomic E-state index is 12.4. The van der Waals surface area contributed by atoms with Crippen molar-refractivity contribution >= 4 is 38.6 Å². The summed E-state index contributed by atoms with van der Waals surface area (Å²) in [7, 11) is 1.82. The molecule has 6 heteroatoms. The van der Waals surface area contributed by atoms with Gasteiger partial charge in [-0.2, -0.15) is 0 Å². The van der Waals surface area contributed by atoms with E-state index in [0.29, 0.717) is 11.3 Å². The molecule has 24 heavy (non-hydrogen) atoms. The van der Waals surface area contributed by atoms with Gasteiger partial charge in [0.2, 0.25) is 0 Å². The summed E-state index contributed by atoms with van der Waals surface area (Å²) < 4.78 is 2.68. The number of amides is 2. The lowest BCUT2D eigenvalue weighted by atomic mass is 10.2. The highest BCUT2D eigenvalue weighted by atomic mass is 79.9. The molecule has 0 spiro atoms. The van der Waals surface area contributed by atoms with Gasteiger partial charge < -0.3 is 4.57 Å². The highest BCUT2D eigenvalue weighted by Crippen LogP contribution is 2.20. The largest absolute Gasteiger partial charge is 0.340 e. The van der Waals surface area contributed by atoms with Gasteiger partial charge in [0.25, 0.3) is 11.8 Å². The number of nitrogens with one attached hydrogen (secondary N) is 2. The maximum Gasteiger partial charge on any atom is 0.286 e. The average molecular weight is 386 g/mol. The van der Waals surface area contributed by atoms with Crippen LogP contribution in [0.2, 0.25) is 0 Å². The van der Waals surface area contributed by atoms with Crippen LogP contribution in [0.4, 0.5) is 0 Å². The lowest BCUT2D eigenvalue weighted by Crippen LogP contribution is -2.42. The van der Waals surface area contributed by atoms with Crippen molar-refractivity contribution in [2.75, 3.05) is 0 Å². The first-order valence-electron chi connectivity index (χ1n) is 7.38. The van der Waals surface area contributed by atoms with Crippen LogP contribution in [-0.4, -0.2) is 16.4 Å². The standard InChI is InChI=1S/C18H16BrN3O2/c1-11-3-8-15-13(9-11)10-16(22(15)2)18(24)21-20-17(23)12-4-6-14(19)7-5-12/h3-10H,1-2H3,(H,20,23)(H,21,24). The summed E-state index contributed by atoms with van der Waals surface area (Å²) in [6, 6.07) is 14.7. The number of carbonyl (C=O) groups is 2. The number of nitrogens with zero attached hydrogens (tertiary/aromatic N) is 1. The highest BCUT2D eigenvalue weighted by molar-refractivity contribution is 9.10. The van der Waals surface area contributed by atoms with Gasteiger partial charge in [-0.15, -0.1) is 0 Å². The molecule has 0 unspecified atom stereocenters. The number of aryl methyl sites for hydroxylation is 2. The van der Waals surface area contributed by atoms with E-state index in [0.717, 1.165) is 20.9 Å². The van der Waals surface area contributed by atoms with Crippen LogP contribution in [0.15, 0.2) is 53.0 Å². The molecule has 0 fully saturated rings. The van der Waals surface area contributed by atoms with Crippen molar-refractivity contribution in [2.24, 2.45) is 7.05 Å². The number of carbonyl (C=O) groups excluding carboxylic acids is 2. The van der Waals surface area contributed by atoms with E-state index in [1.165, 1.54) is 0 Å². The van der Waals surface area contributed by atoms with Gasteiger partial charge in [0, 0.05) is 28.0 Å². The van der Waals surface area contributed by atoms with Gasteiger partial charge in [0.15, 0.2) is 0 Å². The van der Waals surface area contributed by atoms with E-state index in [4.69, 9.17) is 0 Å². The lowest BCUT2D eigenvalue weighted by Gasteiger charge is -2.08. The van der Waals surface area contributed by atoms with E-state index in [1.54, 1.807) is 28.8 Å². The predicted octanol–water partition coefficient (Wildman–Crippen LogP) is 3.32. The molecule has 0 aliphatic carbocycles. The maximum absolute atomic E-state index is 12.4. The molecular formula is C18H16BrN3O2. The fourth-order valence-corrected chi connectivity index (χ4v) is 2.80.